The number of amides is 1. The summed E-state index contributed by atoms with van der Waals surface area (Å²) in [7, 11) is 0. The van der Waals surface area contributed by atoms with E-state index in [2.05, 4.69) is 10.3 Å². The molecule has 0 aliphatic carbocycles. The molecule has 1 amide bonds. The second kappa shape index (κ2) is 7.18. The molecule has 1 aromatic carbocycles. The number of nitrogens with zero attached hydrogens (tertiary/aromatic N) is 2. The lowest BCUT2D eigenvalue weighted by Crippen LogP contribution is -2.17. The first kappa shape index (κ1) is 17.3. The van der Waals surface area contributed by atoms with Crippen molar-refractivity contribution in [1.29, 1.82) is 0 Å². The van der Waals surface area contributed by atoms with Gasteiger partial charge in [-0.25, -0.2) is 9.78 Å². The summed E-state index contributed by atoms with van der Waals surface area (Å²) in [4.78, 5) is 39.8. The number of carbonyl (C=O) groups excluding carboxylic acids is 2. The third-order valence-electron chi connectivity index (χ3n) is 3.63. The van der Waals surface area contributed by atoms with Crippen LogP contribution in [0.2, 0.25) is 0 Å². The van der Waals surface area contributed by atoms with E-state index in [1.165, 1.54) is 23.5 Å². The molecular formula is C19H17N3O4. The topological polar surface area (TPSA) is 89.8 Å². The van der Waals surface area contributed by atoms with Gasteiger partial charge in [-0.15, -0.1) is 0 Å². The average Bonchev–Trinajstić information content (AvgIpc) is 2.60. The van der Waals surface area contributed by atoms with Crippen LogP contribution in [0.5, 0.6) is 0 Å². The Bertz CT molecular complexity index is 1060. The molecule has 0 fully saturated rings. The smallest absolute Gasteiger partial charge is 0.338 e. The Balaban J connectivity index is 1.75. The maximum Gasteiger partial charge on any atom is 0.338 e. The lowest BCUT2D eigenvalue weighted by Gasteiger charge is -2.08. The average molecular weight is 351 g/mol. The van der Waals surface area contributed by atoms with Crippen LogP contribution in [0.4, 0.5) is 5.69 Å². The van der Waals surface area contributed by atoms with Gasteiger partial charge < -0.3 is 10.1 Å². The first-order valence-electron chi connectivity index (χ1n) is 7.96. The third kappa shape index (κ3) is 3.94. The lowest BCUT2D eigenvalue weighted by molar-refractivity contribution is -0.114. The van der Waals surface area contributed by atoms with E-state index in [-0.39, 0.29) is 18.1 Å². The summed E-state index contributed by atoms with van der Waals surface area (Å²) in [6.07, 6.45) is 1.70. The van der Waals surface area contributed by atoms with E-state index in [0.717, 1.165) is 5.56 Å². The van der Waals surface area contributed by atoms with Crippen LogP contribution >= 0.6 is 0 Å². The number of benzene rings is 1. The Morgan fingerprint density at radius 3 is 2.77 bits per heavy atom. The monoisotopic (exact) mass is 351 g/mol. The predicted octanol–water partition coefficient (Wildman–Crippen LogP) is 2.32. The van der Waals surface area contributed by atoms with Crippen LogP contribution < -0.4 is 10.9 Å². The molecule has 0 aliphatic rings. The summed E-state index contributed by atoms with van der Waals surface area (Å²) < 4.78 is 6.68. The Morgan fingerprint density at radius 2 is 2.00 bits per heavy atom. The minimum absolute atomic E-state index is 0.122. The molecule has 0 aliphatic heterocycles. The molecular weight excluding hydrogens is 334 g/mol. The van der Waals surface area contributed by atoms with E-state index in [4.69, 9.17) is 4.74 Å². The minimum Gasteiger partial charge on any atom is -0.456 e. The van der Waals surface area contributed by atoms with E-state index in [0.29, 0.717) is 22.6 Å². The Labute approximate surface area is 149 Å². The molecule has 0 saturated carbocycles. The van der Waals surface area contributed by atoms with Crippen LogP contribution in [0.3, 0.4) is 0 Å². The molecule has 0 atom stereocenters. The number of nitrogens with one attached hydrogen (secondary N) is 1. The Hall–Kier alpha value is -3.48. The summed E-state index contributed by atoms with van der Waals surface area (Å²) in [5.74, 6) is -0.797. The number of aryl methyl sites for hydroxylation is 1. The molecule has 0 bridgehead atoms. The number of hydrogen-bond acceptors (Lipinski definition) is 5. The van der Waals surface area contributed by atoms with Gasteiger partial charge in [-0.2, -0.15) is 0 Å². The van der Waals surface area contributed by atoms with Crippen molar-refractivity contribution in [2.75, 3.05) is 5.32 Å². The van der Waals surface area contributed by atoms with Crippen molar-refractivity contribution >= 4 is 23.2 Å². The van der Waals surface area contributed by atoms with E-state index < -0.39 is 5.97 Å². The van der Waals surface area contributed by atoms with Crippen LogP contribution in [-0.4, -0.2) is 21.3 Å². The number of carbonyl (C=O) groups is 2. The van der Waals surface area contributed by atoms with Gasteiger partial charge in [0.05, 0.1) is 11.3 Å². The Kier molecular flexibility index (Phi) is 4.79. The maximum atomic E-state index is 12.2. The standard InChI is InChI=1S/C19H17N3O4/c1-12-6-7-17-21-16(9-18(24)22(17)10-12)11-26-19(25)14-4-3-5-15(8-14)20-13(2)23/h3-10H,11H2,1-2H3,(H,20,23). The molecule has 1 N–H and O–H groups in total. The van der Waals surface area contributed by atoms with Crippen molar-refractivity contribution < 1.29 is 14.3 Å². The zero-order valence-electron chi connectivity index (χ0n) is 14.4. The van der Waals surface area contributed by atoms with E-state index >= 15 is 0 Å². The van der Waals surface area contributed by atoms with Gasteiger partial charge >= 0.3 is 5.97 Å². The number of aromatic nitrogens is 2. The van der Waals surface area contributed by atoms with Gasteiger partial charge in [0.1, 0.15) is 12.3 Å². The molecule has 132 valence electrons. The van der Waals surface area contributed by atoms with E-state index in [1.807, 2.05) is 13.0 Å². The van der Waals surface area contributed by atoms with Crippen molar-refractivity contribution in [1.82, 2.24) is 9.38 Å². The number of anilines is 1. The van der Waals surface area contributed by atoms with Gasteiger partial charge in [-0.1, -0.05) is 12.1 Å². The number of rotatable bonds is 4. The van der Waals surface area contributed by atoms with Gasteiger partial charge in [0.15, 0.2) is 0 Å². The van der Waals surface area contributed by atoms with Gasteiger partial charge in [0.2, 0.25) is 5.91 Å². The quantitative estimate of drug-likeness (QED) is 0.729. The summed E-state index contributed by atoms with van der Waals surface area (Å²) >= 11 is 0. The molecule has 7 heteroatoms. The van der Waals surface area contributed by atoms with Crippen LogP contribution in [-0.2, 0) is 16.1 Å². The fourth-order valence-electron chi connectivity index (χ4n) is 2.48. The molecule has 7 nitrogen and oxygen atoms in total. The summed E-state index contributed by atoms with van der Waals surface area (Å²) in [6, 6.07) is 11.3. The highest BCUT2D eigenvalue weighted by atomic mass is 16.5. The number of fused-ring (bicyclic) bond motifs is 1. The molecule has 0 saturated heterocycles. The summed E-state index contributed by atoms with van der Waals surface area (Å²) in [6.45, 7) is 3.15. The van der Waals surface area contributed by atoms with Crippen molar-refractivity contribution in [3.05, 3.63) is 75.8 Å². The van der Waals surface area contributed by atoms with Gasteiger partial charge in [0.25, 0.3) is 5.56 Å². The van der Waals surface area contributed by atoms with Crippen LogP contribution in [0.1, 0.15) is 28.5 Å². The first-order chi connectivity index (χ1) is 12.4. The van der Waals surface area contributed by atoms with Crippen LogP contribution in [0.25, 0.3) is 5.65 Å². The van der Waals surface area contributed by atoms with Crippen molar-refractivity contribution in [3.63, 3.8) is 0 Å². The highest BCUT2D eigenvalue weighted by molar-refractivity contribution is 5.93. The maximum absolute atomic E-state index is 12.2. The SMILES string of the molecule is CC(=O)Nc1cccc(C(=O)OCc2cc(=O)n3cc(C)ccc3n2)c1. The fourth-order valence-corrected chi connectivity index (χ4v) is 2.48. The van der Waals surface area contributed by atoms with Gasteiger partial charge in [-0.05, 0) is 36.8 Å². The molecule has 2 aromatic heterocycles. The second-order valence-corrected chi connectivity index (χ2v) is 5.86. The lowest BCUT2D eigenvalue weighted by atomic mass is 10.2. The highest BCUT2D eigenvalue weighted by Crippen LogP contribution is 2.12. The van der Waals surface area contributed by atoms with E-state index in [9.17, 15) is 14.4 Å². The zero-order chi connectivity index (χ0) is 18.7. The number of pyridine rings is 1. The molecule has 0 spiro atoms. The van der Waals surface area contributed by atoms with E-state index in [1.54, 1.807) is 30.5 Å². The zero-order valence-corrected chi connectivity index (χ0v) is 14.4. The molecule has 26 heavy (non-hydrogen) atoms. The summed E-state index contributed by atoms with van der Waals surface area (Å²) in [5, 5.41) is 2.60. The predicted molar refractivity (Wildman–Crippen MR) is 96.1 cm³/mol. The number of hydrogen-bond donors (Lipinski definition) is 1. The van der Waals surface area contributed by atoms with Gasteiger partial charge in [0, 0.05) is 24.9 Å². The van der Waals surface area contributed by atoms with Crippen molar-refractivity contribution in [3.8, 4) is 0 Å². The van der Waals surface area contributed by atoms with Crippen molar-refractivity contribution in [2.24, 2.45) is 0 Å². The first-order valence-corrected chi connectivity index (χ1v) is 7.96. The Morgan fingerprint density at radius 1 is 1.19 bits per heavy atom. The molecule has 2 heterocycles. The molecule has 3 aromatic rings. The number of ether oxygens (including phenoxy) is 1. The van der Waals surface area contributed by atoms with Crippen LogP contribution in [0.15, 0.2) is 53.5 Å². The second-order valence-electron chi connectivity index (χ2n) is 5.86. The minimum atomic E-state index is -0.567. The third-order valence-corrected chi connectivity index (χ3v) is 3.63. The fraction of sp³-hybridized carbons (Fsp3) is 0.158. The highest BCUT2D eigenvalue weighted by Gasteiger charge is 2.10. The molecule has 3 rings (SSSR count). The largest absolute Gasteiger partial charge is 0.456 e. The summed E-state index contributed by atoms with van der Waals surface area (Å²) in [5.41, 5.74) is 2.36. The van der Waals surface area contributed by atoms with Crippen LogP contribution in [0, 0.1) is 6.92 Å². The number of esters is 1. The van der Waals surface area contributed by atoms with Crippen molar-refractivity contribution in [2.45, 2.75) is 20.5 Å². The normalized spacial score (nSPS) is 10.5. The molecule has 0 unspecified atom stereocenters. The molecule has 0 radical (unpaired) electrons. The van der Waals surface area contributed by atoms with Gasteiger partial charge in [-0.3, -0.25) is 14.0 Å².